The first-order valence-corrected chi connectivity index (χ1v) is 8.19. The number of piperidine rings is 1. The molecular formula is C17H23FN2O. The van der Waals surface area contributed by atoms with E-state index < -0.39 is 0 Å². The van der Waals surface area contributed by atoms with Gasteiger partial charge in [-0.15, -0.1) is 0 Å². The molecule has 2 saturated heterocycles. The van der Waals surface area contributed by atoms with Gasteiger partial charge in [0.25, 0.3) is 0 Å². The lowest BCUT2D eigenvalue weighted by Crippen LogP contribution is -2.51. The second-order valence-corrected chi connectivity index (χ2v) is 6.68. The van der Waals surface area contributed by atoms with Gasteiger partial charge in [0.15, 0.2) is 0 Å². The van der Waals surface area contributed by atoms with Crippen molar-refractivity contribution in [3.63, 3.8) is 0 Å². The number of nitrogens with one attached hydrogen (secondary N) is 1. The van der Waals surface area contributed by atoms with Crippen molar-refractivity contribution in [2.24, 2.45) is 0 Å². The van der Waals surface area contributed by atoms with Crippen LogP contribution < -0.4 is 10.1 Å². The Labute approximate surface area is 125 Å². The summed E-state index contributed by atoms with van der Waals surface area (Å²) in [6.07, 6.45) is 5.63. The van der Waals surface area contributed by atoms with Gasteiger partial charge in [0.05, 0.1) is 0 Å². The number of rotatable bonds is 1. The second kappa shape index (κ2) is 5.25. The molecule has 0 amide bonds. The quantitative estimate of drug-likeness (QED) is 0.861. The molecule has 1 aromatic carbocycles. The smallest absolute Gasteiger partial charge is 0.125 e. The first-order valence-electron chi connectivity index (χ1n) is 8.19. The van der Waals surface area contributed by atoms with Crippen molar-refractivity contribution < 1.29 is 9.13 Å². The van der Waals surface area contributed by atoms with Gasteiger partial charge in [-0.05, 0) is 70.1 Å². The van der Waals surface area contributed by atoms with Crippen molar-refractivity contribution >= 4 is 0 Å². The molecule has 4 rings (SSSR count). The van der Waals surface area contributed by atoms with Crippen LogP contribution in [-0.4, -0.2) is 36.7 Å². The maximum Gasteiger partial charge on any atom is 0.125 e. The number of hydrogen-bond acceptors (Lipinski definition) is 3. The molecule has 1 N–H and O–H groups in total. The van der Waals surface area contributed by atoms with E-state index in [4.69, 9.17) is 4.74 Å². The van der Waals surface area contributed by atoms with Crippen LogP contribution in [0, 0.1) is 5.82 Å². The van der Waals surface area contributed by atoms with Crippen molar-refractivity contribution in [2.45, 2.75) is 43.7 Å². The van der Waals surface area contributed by atoms with Crippen LogP contribution >= 0.6 is 0 Å². The largest absolute Gasteiger partial charge is 0.487 e. The van der Waals surface area contributed by atoms with Gasteiger partial charge >= 0.3 is 0 Å². The zero-order valence-electron chi connectivity index (χ0n) is 12.4. The Hall–Kier alpha value is -1.13. The molecule has 0 bridgehead atoms. The van der Waals surface area contributed by atoms with Crippen LogP contribution in [0.1, 0.15) is 43.7 Å². The number of hydrogen-bond donors (Lipinski definition) is 1. The summed E-state index contributed by atoms with van der Waals surface area (Å²) in [6.45, 7) is 4.30. The first-order chi connectivity index (χ1) is 10.3. The fraction of sp³-hybridized carbons (Fsp3) is 0.647. The zero-order valence-corrected chi connectivity index (χ0v) is 12.4. The predicted octanol–water partition coefficient (Wildman–Crippen LogP) is 2.87. The monoisotopic (exact) mass is 290 g/mol. The minimum Gasteiger partial charge on any atom is -0.487 e. The summed E-state index contributed by atoms with van der Waals surface area (Å²) < 4.78 is 20.1. The van der Waals surface area contributed by atoms with Crippen LogP contribution in [0.3, 0.4) is 0 Å². The van der Waals surface area contributed by atoms with Crippen LogP contribution in [-0.2, 0) is 0 Å². The molecule has 0 aromatic heterocycles. The van der Waals surface area contributed by atoms with E-state index in [1.807, 2.05) is 6.07 Å². The summed E-state index contributed by atoms with van der Waals surface area (Å²) in [4.78, 5) is 2.53. The van der Waals surface area contributed by atoms with Crippen molar-refractivity contribution in [1.29, 1.82) is 0 Å². The minimum atomic E-state index is -0.150. The molecule has 0 aliphatic carbocycles. The van der Waals surface area contributed by atoms with Gasteiger partial charge < -0.3 is 10.1 Å². The van der Waals surface area contributed by atoms with Crippen molar-refractivity contribution in [3.8, 4) is 5.75 Å². The van der Waals surface area contributed by atoms with E-state index in [-0.39, 0.29) is 11.4 Å². The molecule has 2 fully saturated rings. The minimum absolute atomic E-state index is 0.0522. The zero-order chi connectivity index (χ0) is 14.3. The van der Waals surface area contributed by atoms with Gasteiger partial charge in [0, 0.05) is 18.0 Å². The molecule has 4 heteroatoms. The van der Waals surface area contributed by atoms with Crippen LogP contribution in [0.25, 0.3) is 0 Å². The van der Waals surface area contributed by atoms with Gasteiger partial charge in [0.2, 0.25) is 0 Å². The fourth-order valence-corrected chi connectivity index (χ4v) is 4.18. The predicted molar refractivity (Wildman–Crippen MR) is 80.0 cm³/mol. The SMILES string of the molecule is Fc1ccc2c(c1)C(N1CCCC1)CC1(CCNCC1)O2. The van der Waals surface area contributed by atoms with Crippen molar-refractivity contribution in [1.82, 2.24) is 10.2 Å². The summed E-state index contributed by atoms with van der Waals surface area (Å²) in [5.41, 5.74) is 1.00. The highest BCUT2D eigenvalue weighted by molar-refractivity contribution is 5.40. The summed E-state index contributed by atoms with van der Waals surface area (Å²) >= 11 is 0. The Bertz CT molecular complexity index is 522. The molecule has 114 valence electrons. The maximum atomic E-state index is 13.7. The molecule has 3 aliphatic rings. The first kappa shape index (κ1) is 13.5. The Morgan fingerprint density at radius 1 is 1.19 bits per heavy atom. The number of nitrogens with zero attached hydrogens (tertiary/aromatic N) is 1. The van der Waals surface area contributed by atoms with Crippen molar-refractivity contribution in [2.75, 3.05) is 26.2 Å². The molecule has 1 aromatic rings. The van der Waals surface area contributed by atoms with Crippen LogP contribution in [0.4, 0.5) is 4.39 Å². The Morgan fingerprint density at radius 2 is 1.95 bits per heavy atom. The second-order valence-electron chi connectivity index (χ2n) is 6.68. The van der Waals surface area contributed by atoms with Crippen molar-refractivity contribution in [3.05, 3.63) is 29.6 Å². The van der Waals surface area contributed by atoms with E-state index in [9.17, 15) is 4.39 Å². The highest BCUT2D eigenvalue weighted by atomic mass is 19.1. The molecule has 1 unspecified atom stereocenters. The third-order valence-electron chi connectivity index (χ3n) is 5.32. The molecule has 3 nitrogen and oxygen atoms in total. The van der Waals surface area contributed by atoms with Gasteiger partial charge in [-0.25, -0.2) is 4.39 Å². The highest BCUT2D eigenvalue weighted by Crippen LogP contribution is 2.46. The van der Waals surface area contributed by atoms with E-state index in [1.54, 1.807) is 6.07 Å². The van der Waals surface area contributed by atoms with E-state index in [2.05, 4.69) is 10.2 Å². The standard InChI is InChI=1S/C17H23FN2O/c18-13-3-4-16-14(11-13)15(20-9-1-2-10-20)12-17(21-16)5-7-19-8-6-17/h3-4,11,15,19H,1-2,5-10,12H2. The maximum absolute atomic E-state index is 13.7. The third kappa shape index (κ3) is 2.44. The molecule has 0 saturated carbocycles. The lowest BCUT2D eigenvalue weighted by molar-refractivity contribution is -0.0161. The normalized spacial score (nSPS) is 28.3. The van der Waals surface area contributed by atoms with Crippen LogP contribution in [0.2, 0.25) is 0 Å². The Balaban J connectivity index is 1.71. The van der Waals surface area contributed by atoms with E-state index in [1.165, 1.54) is 18.9 Å². The van der Waals surface area contributed by atoms with Gasteiger partial charge in [0.1, 0.15) is 17.2 Å². The molecular weight excluding hydrogens is 267 g/mol. The number of likely N-dealkylation sites (tertiary alicyclic amines) is 1. The number of fused-ring (bicyclic) bond motifs is 1. The fourth-order valence-electron chi connectivity index (χ4n) is 4.18. The highest BCUT2D eigenvalue weighted by Gasteiger charge is 2.44. The molecule has 1 spiro atoms. The number of ether oxygens (including phenoxy) is 1. The Kier molecular flexibility index (Phi) is 3.38. The molecule has 0 radical (unpaired) electrons. The molecule has 3 heterocycles. The Morgan fingerprint density at radius 3 is 2.71 bits per heavy atom. The van der Waals surface area contributed by atoms with Crippen LogP contribution in [0.15, 0.2) is 18.2 Å². The third-order valence-corrected chi connectivity index (χ3v) is 5.32. The topological polar surface area (TPSA) is 24.5 Å². The lowest BCUT2D eigenvalue weighted by atomic mass is 9.80. The lowest BCUT2D eigenvalue weighted by Gasteiger charge is -2.46. The van der Waals surface area contributed by atoms with Gasteiger partial charge in [-0.1, -0.05) is 0 Å². The summed E-state index contributed by atoms with van der Waals surface area (Å²) in [5, 5.41) is 3.42. The van der Waals surface area contributed by atoms with Gasteiger partial charge in [-0.2, -0.15) is 0 Å². The van der Waals surface area contributed by atoms with E-state index >= 15 is 0 Å². The molecule has 21 heavy (non-hydrogen) atoms. The summed E-state index contributed by atoms with van der Waals surface area (Å²) in [7, 11) is 0. The van der Waals surface area contributed by atoms with E-state index in [0.29, 0.717) is 6.04 Å². The molecule has 3 aliphatic heterocycles. The average molecular weight is 290 g/mol. The van der Waals surface area contributed by atoms with Crippen LogP contribution in [0.5, 0.6) is 5.75 Å². The summed E-state index contributed by atoms with van der Waals surface area (Å²) in [5.74, 6) is 0.754. The average Bonchev–Trinajstić information content (AvgIpc) is 3.02. The number of halogens is 1. The van der Waals surface area contributed by atoms with E-state index in [0.717, 1.165) is 56.8 Å². The molecule has 1 atom stereocenters. The van der Waals surface area contributed by atoms with Gasteiger partial charge in [-0.3, -0.25) is 4.90 Å². The number of benzene rings is 1. The summed E-state index contributed by atoms with van der Waals surface area (Å²) in [6, 6.07) is 5.37.